The number of aliphatic hydroxyl groups is 1. The molecule has 0 heterocycles. The summed E-state index contributed by atoms with van der Waals surface area (Å²) in [6, 6.07) is 0. The van der Waals surface area contributed by atoms with Gasteiger partial charge >= 0.3 is 0 Å². The van der Waals surface area contributed by atoms with Crippen LogP contribution in [0.5, 0.6) is 0 Å². The van der Waals surface area contributed by atoms with Gasteiger partial charge in [0, 0.05) is 18.4 Å². The van der Waals surface area contributed by atoms with Crippen molar-refractivity contribution in [3.63, 3.8) is 0 Å². The van der Waals surface area contributed by atoms with E-state index in [2.05, 4.69) is 12.2 Å². The van der Waals surface area contributed by atoms with Gasteiger partial charge in [-0.3, -0.25) is 4.79 Å². The predicted octanol–water partition coefficient (Wildman–Crippen LogP) is 1.03. The Morgan fingerprint density at radius 3 is 2.65 bits per heavy atom. The van der Waals surface area contributed by atoms with E-state index in [4.69, 9.17) is 5.73 Å². The molecule has 4 nitrogen and oxygen atoms in total. The average molecular weight is 242 g/mol. The molecular formula is C13H26N2O2. The number of hydrogen-bond acceptors (Lipinski definition) is 3. The minimum atomic E-state index is -0.0465. The fraction of sp³-hybridized carbons (Fsp3) is 0.923. The first-order valence-electron chi connectivity index (χ1n) is 6.69. The number of nitrogens with two attached hydrogens (primary N) is 1. The number of hydrogen-bond donors (Lipinski definition) is 3. The summed E-state index contributed by atoms with van der Waals surface area (Å²) in [5.74, 6) is 0.490. The van der Waals surface area contributed by atoms with E-state index in [1.165, 1.54) is 12.8 Å². The van der Waals surface area contributed by atoms with E-state index in [9.17, 15) is 9.90 Å². The van der Waals surface area contributed by atoms with Gasteiger partial charge in [-0.1, -0.05) is 19.8 Å². The molecule has 1 aliphatic rings. The molecular weight excluding hydrogens is 216 g/mol. The van der Waals surface area contributed by atoms with Crippen molar-refractivity contribution >= 4 is 5.91 Å². The first-order valence-corrected chi connectivity index (χ1v) is 6.69. The summed E-state index contributed by atoms with van der Waals surface area (Å²) in [6.07, 6.45) is 5.78. The van der Waals surface area contributed by atoms with Gasteiger partial charge in [0.2, 0.25) is 5.91 Å². The van der Waals surface area contributed by atoms with Crippen LogP contribution in [0.3, 0.4) is 0 Å². The van der Waals surface area contributed by atoms with Crippen LogP contribution in [-0.4, -0.2) is 30.7 Å². The fourth-order valence-electron chi connectivity index (χ4n) is 2.39. The highest BCUT2D eigenvalue weighted by atomic mass is 16.3. The summed E-state index contributed by atoms with van der Waals surface area (Å²) >= 11 is 0. The molecule has 1 amide bonds. The average Bonchev–Trinajstić information content (AvgIpc) is 2.82. The van der Waals surface area contributed by atoms with E-state index in [0.29, 0.717) is 25.4 Å². The Kier molecular flexibility index (Phi) is 5.92. The predicted molar refractivity (Wildman–Crippen MR) is 68.4 cm³/mol. The van der Waals surface area contributed by atoms with E-state index in [1.807, 2.05) is 0 Å². The summed E-state index contributed by atoms with van der Waals surface area (Å²) in [6.45, 7) is 3.50. The molecule has 100 valence electrons. The van der Waals surface area contributed by atoms with Gasteiger partial charge in [0.25, 0.3) is 0 Å². The maximum Gasteiger partial charge on any atom is 0.220 e. The van der Waals surface area contributed by atoms with E-state index < -0.39 is 0 Å². The van der Waals surface area contributed by atoms with Crippen LogP contribution in [0.15, 0.2) is 0 Å². The second kappa shape index (κ2) is 6.97. The fourth-order valence-corrected chi connectivity index (χ4v) is 2.39. The zero-order chi connectivity index (χ0) is 12.7. The van der Waals surface area contributed by atoms with Crippen LogP contribution in [0.25, 0.3) is 0 Å². The van der Waals surface area contributed by atoms with Crippen molar-refractivity contribution in [2.24, 2.45) is 17.1 Å². The van der Waals surface area contributed by atoms with Crippen LogP contribution in [0.2, 0.25) is 0 Å². The zero-order valence-corrected chi connectivity index (χ0v) is 10.9. The Bertz CT molecular complexity index is 238. The lowest BCUT2D eigenvalue weighted by Crippen LogP contribution is -2.38. The van der Waals surface area contributed by atoms with Crippen molar-refractivity contribution in [1.29, 1.82) is 0 Å². The largest absolute Gasteiger partial charge is 0.396 e. The minimum absolute atomic E-state index is 0.0465. The van der Waals surface area contributed by atoms with Crippen LogP contribution in [-0.2, 0) is 4.79 Å². The molecule has 0 spiro atoms. The topological polar surface area (TPSA) is 75.4 Å². The highest BCUT2D eigenvalue weighted by molar-refractivity contribution is 5.75. The standard InChI is InChI=1S/C13H26N2O2/c1-11(8-14)4-5-12(17)15-9-13(10-16)6-2-3-7-13/h11,16H,2-10,14H2,1H3,(H,15,17). The summed E-state index contributed by atoms with van der Waals surface area (Å²) in [5.41, 5.74) is 5.46. The molecule has 4 heteroatoms. The Morgan fingerprint density at radius 1 is 1.47 bits per heavy atom. The minimum Gasteiger partial charge on any atom is -0.396 e. The highest BCUT2D eigenvalue weighted by Crippen LogP contribution is 2.36. The quantitative estimate of drug-likeness (QED) is 0.624. The molecule has 0 aromatic rings. The first kappa shape index (κ1) is 14.5. The monoisotopic (exact) mass is 242 g/mol. The van der Waals surface area contributed by atoms with Gasteiger partial charge in [0.05, 0.1) is 6.61 Å². The molecule has 1 atom stereocenters. The molecule has 0 aromatic carbocycles. The van der Waals surface area contributed by atoms with Gasteiger partial charge in [-0.25, -0.2) is 0 Å². The first-order chi connectivity index (χ1) is 8.12. The molecule has 17 heavy (non-hydrogen) atoms. The molecule has 1 unspecified atom stereocenters. The van der Waals surface area contributed by atoms with Crippen molar-refractivity contribution < 1.29 is 9.90 Å². The van der Waals surface area contributed by atoms with Gasteiger partial charge in [-0.05, 0) is 31.7 Å². The van der Waals surface area contributed by atoms with Crippen LogP contribution < -0.4 is 11.1 Å². The van der Waals surface area contributed by atoms with Crippen molar-refractivity contribution in [2.45, 2.75) is 45.4 Å². The zero-order valence-electron chi connectivity index (χ0n) is 10.9. The normalized spacial score (nSPS) is 20.2. The number of nitrogens with one attached hydrogen (secondary N) is 1. The third-order valence-corrected chi connectivity index (χ3v) is 3.93. The lowest BCUT2D eigenvalue weighted by atomic mass is 9.87. The summed E-state index contributed by atoms with van der Waals surface area (Å²) in [5, 5.41) is 12.4. The number of aliphatic hydroxyl groups excluding tert-OH is 1. The Morgan fingerprint density at radius 2 is 2.12 bits per heavy atom. The maximum absolute atomic E-state index is 11.6. The summed E-state index contributed by atoms with van der Waals surface area (Å²) in [7, 11) is 0. The van der Waals surface area contributed by atoms with Crippen molar-refractivity contribution in [2.75, 3.05) is 19.7 Å². The number of carbonyl (C=O) groups is 1. The van der Waals surface area contributed by atoms with Crippen LogP contribution in [0.1, 0.15) is 45.4 Å². The Hall–Kier alpha value is -0.610. The van der Waals surface area contributed by atoms with Gasteiger partial charge in [-0.2, -0.15) is 0 Å². The lowest BCUT2D eigenvalue weighted by molar-refractivity contribution is -0.122. The molecule has 4 N–H and O–H groups in total. The number of rotatable bonds is 7. The van der Waals surface area contributed by atoms with Crippen LogP contribution in [0.4, 0.5) is 0 Å². The second-order valence-electron chi connectivity index (χ2n) is 5.52. The third kappa shape index (κ3) is 4.64. The third-order valence-electron chi connectivity index (χ3n) is 3.93. The Labute approximate surface area is 104 Å². The maximum atomic E-state index is 11.6. The smallest absolute Gasteiger partial charge is 0.220 e. The van der Waals surface area contributed by atoms with E-state index in [1.54, 1.807) is 0 Å². The molecule has 0 bridgehead atoms. The molecule has 1 rings (SSSR count). The summed E-state index contributed by atoms with van der Waals surface area (Å²) < 4.78 is 0. The van der Waals surface area contributed by atoms with Gasteiger partial charge in [0.1, 0.15) is 0 Å². The number of amides is 1. The second-order valence-corrected chi connectivity index (χ2v) is 5.52. The molecule has 1 fully saturated rings. The van der Waals surface area contributed by atoms with Gasteiger partial charge in [-0.15, -0.1) is 0 Å². The van der Waals surface area contributed by atoms with Crippen molar-refractivity contribution in [3.8, 4) is 0 Å². The lowest BCUT2D eigenvalue weighted by Gasteiger charge is -2.26. The SMILES string of the molecule is CC(CN)CCC(=O)NCC1(CO)CCCC1. The van der Waals surface area contributed by atoms with Gasteiger partial charge in [0.15, 0.2) is 0 Å². The summed E-state index contributed by atoms with van der Waals surface area (Å²) in [4.78, 5) is 11.6. The molecule has 1 aliphatic carbocycles. The molecule has 0 aromatic heterocycles. The van der Waals surface area contributed by atoms with E-state index in [0.717, 1.165) is 19.3 Å². The molecule has 0 saturated heterocycles. The van der Waals surface area contributed by atoms with Crippen molar-refractivity contribution in [1.82, 2.24) is 5.32 Å². The van der Waals surface area contributed by atoms with E-state index >= 15 is 0 Å². The molecule has 1 saturated carbocycles. The van der Waals surface area contributed by atoms with Crippen molar-refractivity contribution in [3.05, 3.63) is 0 Å². The highest BCUT2D eigenvalue weighted by Gasteiger charge is 2.33. The molecule has 0 radical (unpaired) electrons. The van der Waals surface area contributed by atoms with Gasteiger partial charge < -0.3 is 16.2 Å². The Balaban J connectivity index is 2.22. The van der Waals surface area contributed by atoms with Crippen LogP contribution in [0, 0.1) is 11.3 Å². The number of carbonyl (C=O) groups excluding carboxylic acids is 1. The van der Waals surface area contributed by atoms with Crippen LogP contribution >= 0.6 is 0 Å². The van der Waals surface area contributed by atoms with E-state index in [-0.39, 0.29) is 17.9 Å². The molecule has 0 aliphatic heterocycles.